The highest BCUT2D eigenvalue weighted by atomic mass is 32.2. The summed E-state index contributed by atoms with van der Waals surface area (Å²) >= 11 is 0. The highest BCUT2D eigenvalue weighted by Crippen LogP contribution is 2.23. The first-order valence-corrected chi connectivity index (χ1v) is 10.0. The summed E-state index contributed by atoms with van der Waals surface area (Å²) in [6.07, 6.45) is 0.411. The third-order valence-electron chi connectivity index (χ3n) is 4.04. The van der Waals surface area contributed by atoms with Crippen molar-refractivity contribution < 1.29 is 17.6 Å². The van der Waals surface area contributed by atoms with Gasteiger partial charge in [0.05, 0.1) is 4.90 Å². The second-order valence-corrected chi connectivity index (χ2v) is 8.38. The van der Waals surface area contributed by atoms with E-state index in [-0.39, 0.29) is 16.6 Å². The first kappa shape index (κ1) is 19.0. The highest BCUT2D eigenvalue weighted by Gasteiger charge is 2.32. The lowest BCUT2D eigenvalue weighted by molar-refractivity contribution is -0.117. The molecule has 1 amide bonds. The maximum absolute atomic E-state index is 13.4. The van der Waals surface area contributed by atoms with Crippen LogP contribution >= 0.6 is 0 Å². The Hall–Kier alpha value is -2.74. The van der Waals surface area contributed by atoms with Crippen molar-refractivity contribution in [3.63, 3.8) is 0 Å². The summed E-state index contributed by atoms with van der Waals surface area (Å²) in [6.45, 7) is 3.88. The number of benzene rings is 2. The van der Waals surface area contributed by atoms with Crippen molar-refractivity contribution in [2.45, 2.75) is 31.2 Å². The molecule has 0 saturated carbocycles. The number of carbonyl (C=O) groups is 1. The van der Waals surface area contributed by atoms with E-state index in [0.717, 1.165) is 0 Å². The largest absolute Gasteiger partial charge is 0.324 e. The van der Waals surface area contributed by atoms with Crippen molar-refractivity contribution >= 4 is 27.5 Å². The van der Waals surface area contributed by atoms with Crippen LogP contribution in [-0.4, -0.2) is 26.2 Å². The van der Waals surface area contributed by atoms with Crippen LogP contribution in [0.2, 0.25) is 0 Å². The summed E-state index contributed by atoms with van der Waals surface area (Å²) in [5, 5.41) is 2.64. The summed E-state index contributed by atoms with van der Waals surface area (Å²) in [4.78, 5) is 17.2. The number of anilines is 1. The number of sulfonamides is 1. The van der Waals surface area contributed by atoms with E-state index < -0.39 is 27.8 Å². The van der Waals surface area contributed by atoms with Gasteiger partial charge in [-0.3, -0.25) is 14.5 Å². The molecular formula is C19H20FN3O3S. The minimum Gasteiger partial charge on any atom is -0.324 e. The quantitative estimate of drug-likeness (QED) is 0.824. The molecule has 1 aliphatic rings. The number of carbonyl (C=O) groups excluding carboxylic acids is 1. The van der Waals surface area contributed by atoms with Crippen LogP contribution < -0.4 is 10.0 Å². The van der Waals surface area contributed by atoms with Gasteiger partial charge in [0.25, 0.3) is 10.0 Å². The van der Waals surface area contributed by atoms with Gasteiger partial charge < -0.3 is 5.32 Å². The molecule has 1 heterocycles. The third-order valence-corrected chi connectivity index (χ3v) is 5.43. The summed E-state index contributed by atoms with van der Waals surface area (Å²) < 4.78 is 40.2. The van der Waals surface area contributed by atoms with Gasteiger partial charge in [-0.2, -0.15) is 0 Å². The van der Waals surface area contributed by atoms with Crippen LogP contribution in [0.15, 0.2) is 58.4 Å². The lowest BCUT2D eigenvalue weighted by Crippen LogP contribution is -2.31. The fourth-order valence-electron chi connectivity index (χ4n) is 2.84. The molecule has 6 nitrogen and oxygen atoms in total. The van der Waals surface area contributed by atoms with Gasteiger partial charge in [-0.15, -0.1) is 0 Å². The number of hydrogen-bond donors (Lipinski definition) is 2. The van der Waals surface area contributed by atoms with Gasteiger partial charge in [-0.05, 0) is 42.7 Å². The molecule has 1 atom stereocenters. The van der Waals surface area contributed by atoms with Crippen LogP contribution in [0.1, 0.15) is 25.8 Å². The number of amides is 1. The zero-order chi connectivity index (χ0) is 19.6. The van der Waals surface area contributed by atoms with E-state index in [1.807, 2.05) is 13.8 Å². The summed E-state index contributed by atoms with van der Waals surface area (Å²) in [6, 6.07) is 11.2. The molecule has 1 unspecified atom stereocenters. The maximum Gasteiger partial charge on any atom is 0.263 e. The fourth-order valence-corrected chi connectivity index (χ4v) is 4.08. The molecule has 2 N–H and O–H groups in total. The van der Waals surface area contributed by atoms with Crippen molar-refractivity contribution in [3.05, 3.63) is 59.9 Å². The Labute approximate surface area is 157 Å². The molecule has 27 heavy (non-hydrogen) atoms. The first-order chi connectivity index (χ1) is 12.8. The minimum atomic E-state index is -3.68. The molecular weight excluding hydrogens is 369 g/mol. The van der Waals surface area contributed by atoms with Crippen molar-refractivity contribution in [1.82, 2.24) is 4.72 Å². The van der Waals surface area contributed by atoms with Gasteiger partial charge in [-0.1, -0.05) is 32.0 Å². The average Bonchev–Trinajstić information content (AvgIpc) is 2.85. The lowest BCUT2D eigenvalue weighted by Gasteiger charge is -2.16. The predicted molar refractivity (Wildman–Crippen MR) is 102 cm³/mol. The maximum atomic E-state index is 13.4. The normalized spacial score (nSPS) is 17.4. The van der Waals surface area contributed by atoms with E-state index in [4.69, 9.17) is 0 Å². The van der Waals surface area contributed by atoms with Gasteiger partial charge in [-0.25, -0.2) is 12.8 Å². The predicted octanol–water partition coefficient (Wildman–Crippen LogP) is 2.92. The molecule has 0 aromatic heterocycles. The van der Waals surface area contributed by atoms with Gasteiger partial charge in [0.1, 0.15) is 17.7 Å². The van der Waals surface area contributed by atoms with E-state index in [2.05, 4.69) is 15.0 Å². The second kappa shape index (κ2) is 7.48. The number of aliphatic imine (C=N–C) groups is 1. The molecule has 3 rings (SSSR count). The molecule has 8 heteroatoms. The molecule has 2 aromatic rings. The Morgan fingerprint density at radius 2 is 1.93 bits per heavy atom. The fraction of sp³-hybridized carbons (Fsp3) is 0.263. The zero-order valence-electron chi connectivity index (χ0n) is 14.9. The van der Waals surface area contributed by atoms with E-state index in [1.165, 1.54) is 24.3 Å². The zero-order valence-corrected chi connectivity index (χ0v) is 15.8. The van der Waals surface area contributed by atoms with Gasteiger partial charge >= 0.3 is 0 Å². The van der Waals surface area contributed by atoms with Crippen LogP contribution in [0.5, 0.6) is 0 Å². The molecule has 0 saturated heterocycles. The number of hydrogen-bond acceptors (Lipinski definition) is 4. The van der Waals surface area contributed by atoms with E-state index in [9.17, 15) is 17.6 Å². The number of halogens is 1. The molecule has 0 radical (unpaired) electrons. The van der Waals surface area contributed by atoms with Crippen molar-refractivity contribution in [3.8, 4) is 0 Å². The van der Waals surface area contributed by atoms with E-state index >= 15 is 0 Å². The standard InChI is InChI=1S/C19H20FN3O3S/c1-12(2)10-16(19(24)21-14-7-5-6-13(20)11-14)22-18-15-8-3-4-9-17(15)27(25,26)23-18/h3-9,11-12,16H,10H2,1-2H3,(H,21,24)(H,22,23). The SMILES string of the molecule is CC(C)CC(N=C1NS(=O)(=O)c2ccccc21)C(=O)Nc1cccc(F)c1. The summed E-state index contributed by atoms with van der Waals surface area (Å²) in [5.74, 6) is -0.598. The first-order valence-electron chi connectivity index (χ1n) is 8.53. The van der Waals surface area contributed by atoms with Crippen LogP contribution in [0.4, 0.5) is 10.1 Å². The van der Waals surface area contributed by atoms with Crippen LogP contribution in [0.3, 0.4) is 0 Å². The van der Waals surface area contributed by atoms with Crippen molar-refractivity contribution in [2.24, 2.45) is 10.9 Å². The number of nitrogens with zero attached hydrogens (tertiary/aromatic N) is 1. The minimum absolute atomic E-state index is 0.137. The molecule has 0 fully saturated rings. The van der Waals surface area contributed by atoms with Gasteiger partial charge in [0.15, 0.2) is 0 Å². The Kier molecular flexibility index (Phi) is 5.27. The molecule has 1 aliphatic heterocycles. The number of amidine groups is 1. The van der Waals surface area contributed by atoms with E-state index in [1.54, 1.807) is 24.3 Å². The molecule has 142 valence electrons. The number of nitrogens with one attached hydrogen (secondary N) is 2. The Balaban J connectivity index is 1.92. The van der Waals surface area contributed by atoms with Gasteiger partial charge in [0, 0.05) is 11.3 Å². The van der Waals surface area contributed by atoms with E-state index in [0.29, 0.717) is 17.7 Å². The third kappa shape index (κ3) is 4.33. The topological polar surface area (TPSA) is 87.6 Å². The highest BCUT2D eigenvalue weighted by molar-refractivity contribution is 7.90. The summed E-state index contributed by atoms with van der Waals surface area (Å²) in [5.41, 5.74) is 0.756. The lowest BCUT2D eigenvalue weighted by atomic mass is 10.0. The van der Waals surface area contributed by atoms with Crippen LogP contribution in [-0.2, 0) is 14.8 Å². The molecule has 0 aliphatic carbocycles. The average molecular weight is 389 g/mol. The van der Waals surface area contributed by atoms with Gasteiger partial charge in [0.2, 0.25) is 5.91 Å². The Bertz CT molecular complexity index is 1000. The number of rotatable bonds is 5. The van der Waals surface area contributed by atoms with Crippen LogP contribution in [0.25, 0.3) is 0 Å². The smallest absolute Gasteiger partial charge is 0.263 e. The second-order valence-electron chi connectivity index (χ2n) is 6.72. The number of fused-ring (bicyclic) bond motifs is 1. The molecule has 0 bridgehead atoms. The monoisotopic (exact) mass is 389 g/mol. The molecule has 2 aromatic carbocycles. The van der Waals surface area contributed by atoms with Crippen LogP contribution in [0, 0.1) is 11.7 Å². The molecule has 0 spiro atoms. The summed E-state index contributed by atoms with van der Waals surface area (Å²) in [7, 11) is -3.68. The van der Waals surface area contributed by atoms with Crippen molar-refractivity contribution in [1.29, 1.82) is 0 Å². The Morgan fingerprint density at radius 3 is 2.63 bits per heavy atom. The Morgan fingerprint density at radius 1 is 1.19 bits per heavy atom. The van der Waals surface area contributed by atoms with Crippen molar-refractivity contribution in [2.75, 3.05) is 5.32 Å².